The van der Waals surface area contributed by atoms with Crippen LogP contribution in [0.1, 0.15) is 49.7 Å². The van der Waals surface area contributed by atoms with Crippen molar-refractivity contribution in [3.8, 4) is 16.8 Å². The summed E-state index contributed by atoms with van der Waals surface area (Å²) in [5, 5.41) is 2.98. The Bertz CT molecular complexity index is 1080. The molecule has 3 aromatic rings. The number of imidazole rings is 1. The number of amides is 1. The summed E-state index contributed by atoms with van der Waals surface area (Å²) in [7, 11) is 0. The zero-order valence-corrected chi connectivity index (χ0v) is 18.9. The summed E-state index contributed by atoms with van der Waals surface area (Å²) in [6.07, 6.45) is 9.64. The smallest absolute Gasteiger partial charge is 0.270 e. The van der Waals surface area contributed by atoms with Gasteiger partial charge < -0.3 is 5.32 Å². The van der Waals surface area contributed by atoms with Crippen LogP contribution in [0.3, 0.4) is 0 Å². The molecular formula is C27H31N3O. The third kappa shape index (κ3) is 6.05. The molecule has 4 nitrogen and oxygen atoms in total. The molecule has 0 radical (unpaired) electrons. The number of allylic oxidation sites excluding steroid dienone is 3. The van der Waals surface area contributed by atoms with Crippen molar-refractivity contribution in [2.45, 2.75) is 40.5 Å². The largest absolute Gasteiger partial charge is 0.347 e. The number of hydrogen-bond acceptors (Lipinski definition) is 2. The fourth-order valence-corrected chi connectivity index (χ4v) is 3.47. The normalized spacial score (nSPS) is 11.3. The summed E-state index contributed by atoms with van der Waals surface area (Å²) in [6.45, 7) is 8.94. The Morgan fingerprint density at radius 2 is 1.77 bits per heavy atom. The summed E-state index contributed by atoms with van der Waals surface area (Å²) < 4.78 is 1.82. The van der Waals surface area contributed by atoms with Crippen molar-refractivity contribution in [1.82, 2.24) is 14.9 Å². The van der Waals surface area contributed by atoms with Gasteiger partial charge in [0.1, 0.15) is 5.69 Å². The first-order chi connectivity index (χ1) is 15.0. The number of rotatable bonds is 8. The van der Waals surface area contributed by atoms with E-state index in [1.54, 1.807) is 12.5 Å². The van der Waals surface area contributed by atoms with Gasteiger partial charge in [0.25, 0.3) is 5.91 Å². The van der Waals surface area contributed by atoms with Gasteiger partial charge >= 0.3 is 0 Å². The monoisotopic (exact) mass is 413 g/mol. The molecule has 0 saturated heterocycles. The highest BCUT2D eigenvalue weighted by atomic mass is 16.1. The van der Waals surface area contributed by atoms with Crippen LogP contribution in [-0.4, -0.2) is 22.0 Å². The fraction of sp³-hybridized carbons (Fsp3) is 0.259. The van der Waals surface area contributed by atoms with Crippen molar-refractivity contribution >= 4 is 5.91 Å². The Balaban J connectivity index is 1.66. The van der Waals surface area contributed by atoms with E-state index < -0.39 is 0 Å². The van der Waals surface area contributed by atoms with Gasteiger partial charge in [-0.3, -0.25) is 9.36 Å². The van der Waals surface area contributed by atoms with Crippen LogP contribution < -0.4 is 5.32 Å². The molecule has 31 heavy (non-hydrogen) atoms. The second-order valence-corrected chi connectivity index (χ2v) is 8.09. The molecule has 1 amide bonds. The summed E-state index contributed by atoms with van der Waals surface area (Å²) in [5.41, 5.74) is 7.65. The van der Waals surface area contributed by atoms with Crippen molar-refractivity contribution in [2.24, 2.45) is 0 Å². The number of benzene rings is 2. The minimum absolute atomic E-state index is 0.131. The van der Waals surface area contributed by atoms with Crippen LogP contribution in [0.2, 0.25) is 0 Å². The predicted octanol–water partition coefficient (Wildman–Crippen LogP) is 6.27. The lowest BCUT2D eigenvalue weighted by molar-refractivity contribution is 0.0951. The third-order valence-electron chi connectivity index (χ3n) is 5.28. The van der Waals surface area contributed by atoms with Crippen LogP contribution in [0, 0.1) is 6.92 Å². The number of carbonyl (C=O) groups excluding carboxylic acids is 1. The number of nitrogens with zero attached hydrogens (tertiary/aromatic N) is 2. The summed E-state index contributed by atoms with van der Waals surface area (Å²) in [4.78, 5) is 16.9. The van der Waals surface area contributed by atoms with E-state index in [2.05, 4.69) is 74.4 Å². The van der Waals surface area contributed by atoms with E-state index in [1.807, 2.05) is 28.8 Å². The third-order valence-corrected chi connectivity index (χ3v) is 5.28. The van der Waals surface area contributed by atoms with Crippen molar-refractivity contribution < 1.29 is 4.79 Å². The minimum atomic E-state index is -0.131. The average Bonchev–Trinajstić information content (AvgIpc) is 3.24. The van der Waals surface area contributed by atoms with E-state index in [9.17, 15) is 4.79 Å². The molecule has 0 aliphatic heterocycles. The van der Waals surface area contributed by atoms with Gasteiger partial charge in [-0.1, -0.05) is 59.7 Å². The number of nitrogens with one attached hydrogen (secondary N) is 1. The molecule has 4 heteroatoms. The predicted molar refractivity (Wildman–Crippen MR) is 128 cm³/mol. The van der Waals surface area contributed by atoms with E-state index in [-0.39, 0.29) is 5.91 Å². The van der Waals surface area contributed by atoms with Crippen molar-refractivity contribution in [3.05, 3.63) is 95.6 Å². The lowest BCUT2D eigenvalue weighted by Gasteiger charge is -2.10. The zero-order chi connectivity index (χ0) is 22.2. The first-order valence-electron chi connectivity index (χ1n) is 10.7. The van der Waals surface area contributed by atoms with Crippen LogP contribution in [0.5, 0.6) is 0 Å². The van der Waals surface area contributed by atoms with Crippen molar-refractivity contribution in [1.29, 1.82) is 0 Å². The number of hydrogen-bond donors (Lipinski definition) is 1. The Morgan fingerprint density at radius 1 is 1.03 bits per heavy atom. The lowest BCUT2D eigenvalue weighted by atomic mass is 10.0. The van der Waals surface area contributed by atoms with Crippen molar-refractivity contribution in [2.75, 3.05) is 6.54 Å². The molecule has 0 fully saturated rings. The minimum Gasteiger partial charge on any atom is -0.347 e. The molecule has 1 heterocycles. The SMILES string of the molecule is CC(C)=CCCC(C)=CCNC(=O)c1cncn1-c1ccc(-c2ccccc2C)cc1. The molecular weight excluding hydrogens is 382 g/mol. The second kappa shape index (κ2) is 10.6. The van der Waals surface area contributed by atoms with E-state index in [1.165, 1.54) is 22.3 Å². The highest BCUT2D eigenvalue weighted by molar-refractivity contribution is 5.93. The molecule has 3 rings (SSSR count). The standard InChI is InChI=1S/C27H31N3O/c1-20(2)8-7-9-21(3)16-17-29-27(31)26-18-28-19-30(26)24-14-12-23(13-15-24)25-11-6-5-10-22(25)4/h5-6,8,10-16,18-19H,7,9,17H2,1-4H3,(H,29,31). The molecule has 0 unspecified atom stereocenters. The molecule has 160 valence electrons. The Hall–Kier alpha value is -3.40. The van der Waals surface area contributed by atoms with Gasteiger partial charge in [-0.15, -0.1) is 0 Å². The van der Waals surface area contributed by atoms with Gasteiger partial charge in [-0.25, -0.2) is 4.98 Å². The first kappa shape index (κ1) is 22.3. The van der Waals surface area contributed by atoms with Crippen LogP contribution in [-0.2, 0) is 0 Å². The maximum Gasteiger partial charge on any atom is 0.270 e. The topological polar surface area (TPSA) is 46.9 Å². The zero-order valence-electron chi connectivity index (χ0n) is 18.9. The maximum absolute atomic E-state index is 12.7. The van der Waals surface area contributed by atoms with Gasteiger partial charge in [-0.05, 0) is 69.4 Å². The van der Waals surface area contributed by atoms with Gasteiger partial charge in [0.05, 0.1) is 12.5 Å². The molecule has 2 aromatic carbocycles. The fourth-order valence-electron chi connectivity index (χ4n) is 3.47. The van der Waals surface area contributed by atoms with Crippen LogP contribution >= 0.6 is 0 Å². The maximum atomic E-state index is 12.7. The quantitative estimate of drug-likeness (QED) is 0.442. The Labute approximate surface area is 185 Å². The molecule has 0 aliphatic rings. The van der Waals surface area contributed by atoms with E-state index in [0.29, 0.717) is 12.2 Å². The molecule has 1 aromatic heterocycles. The summed E-state index contributed by atoms with van der Waals surface area (Å²) in [6, 6.07) is 16.5. The molecule has 0 saturated carbocycles. The molecule has 0 atom stereocenters. The van der Waals surface area contributed by atoms with Crippen molar-refractivity contribution in [3.63, 3.8) is 0 Å². The van der Waals surface area contributed by atoms with Crippen LogP contribution in [0.4, 0.5) is 0 Å². The van der Waals surface area contributed by atoms with E-state index >= 15 is 0 Å². The number of carbonyl (C=O) groups is 1. The lowest BCUT2D eigenvalue weighted by Crippen LogP contribution is -2.25. The average molecular weight is 414 g/mol. The number of aryl methyl sites for hydroxylation is 1. The van der Waals surface area contributed by atoms with Gasteiger partial charge in [0.15, 0.2) is 0 Å². The summed E-state index contributed by atoms with van der Waals surface area (Å²) in [5.74, 6) is -0.131. The molecule has 0 aliphatic carbocycles. The molecule has 1 N–H and O–H groups in total. The van der Waals surface area contributed by atoms with Crippen LogP contribution in [0.15, 0.2) is 84.4 Å². The van der Waals surface area contributed by atoms with Gasteiger partial charge in [0.2, 0.25) is 0 Å². The first-order valence-corrected chi connectivity index (χ1v) is 10.7. The van der Waals surface area contributed by atoms with Gasteiger partial charge in [-0.2, -0.15) is 0 Å². The highest BCUT2D eigenvalue weighted by Gasteiger charge is 2.12. The molecule has 0 spiro atoms. The Kier molecular flexibility index (Phi) is 7.60. The van der Waals surface area contributed by atoms with Gasteiger partial charge in [0, 0.05) is 12.2 Å². The van der Waals surface area contributed by atoms with E-state index in [0.717, 1.165) is 24.1 Å². The number of aromatic nitrogens is 2. The summed E-state index contributed by atoms with van der Waals surface area (Å²) >= 11 is 0. The molecule has 0 bridgehead atoms. The Morgan fingerprint density at radius 3 is 2.48 bits per heavy atom. The van der Waals surface area contributed by atoms with E-state index in [4.69, 9.17) is 0 Å². The second-order valence-electron chi connectivity index (χ2n) is 8.09. The van der Waals surface area contributed by atoms with Crippen LogP contribution in [0.25, 0.3) is 16.8 Å². The highest BCUT2D eigenvalue weighted by Crippen LogP contribution is 2.24.